The molecule has 1 aromatic rings. The first kappa shape index (κ1) is 14.8. The van der Waals surface area contributed by atoms with E-state index in [2.05, 4.69) is 19.2 Å². The molecule has 0 heterocycles. The minimum Gasteiger partial charge on any atom is -0.314 e. The topological polar surface area (TPSA) is 12.0 Å². The molecule has 1 unspecified atom stereocenters. The quantitative estimate of drug-likeness (QED) is 0.780. The van der Waals surface area contributed by atoms with Crippen molar-refractivity contribution in [3.63, 3.8) is 0 Å². The molecular weight excluding hydrogens is 261 g/mol. The molecule has 0 bridgehead atoms. The second kappa shape index (κ2) is 6.71. The largest absolute Gasteiger partial charge is 0.314 e. The van der Waals surface area contributed by atoms with Crippen molar-refractivity contribution in [2.45, 2.75) is 45.6 Å². The standard InChI is InChI=1S/C16H23ClFN/c1-11(2)8-12(10-19-14-6-7-14)9-13-4-3-5-15(17)16(13)18/h3-5,11-12,14,19H,6-10H2,1-2H3. The van der Waals surface area contributed by atoms with Crippen LogP contribution >= 0.6 is 11.6 Å². The lowest BCUT2D eigenvalue weighted by molar-refractivity contribution is 0.379. The molecule has 1 saturated carbocycles. The Morgan fingerprint density at radius 2 is 2.11 bits per heavy atom. The summed E-state index contributed by atoms with van der Waals surface area (Å²) in [6, 6.07) is 6.01. The first-order chi connectivity index (χ1) is 9.06. The fourth-order valence-corrected chi connectivity index (χ4v) is 2.74. The normalized spacial score (nSPS) is 16.9. The van der Waals surface area contributed by atoms with Crippen molar-refractivity contribution in [2.75, 3.05) is 6.54 Å². The molecule has 19 heavy (non-hydrogen) atoms. The average Bonchev–Trinajstić information content (AvgIpc) is 3.15. The zero-order valence-electron chi connectivity index (χ0n) is 11.8. The molecule has 1 aromatic carbocycles. The summed E-state index contributed by atoms with van der Waals surface area (Å²) in [7, 11) is 0. The molecule has 0 radical (unpaired) electrons. The molecule has 1 nitrogen and oxygen atoms in total. The maximum absolute atomic E-state index is 14.0. The highest BCUT2D eigenvalue weighted by molar-refractivity contribution is 6.30. The van der Waals surface area contributed by atoms with Crippen molar-refractivity contribution < 1.29 is 4.39 Å². The minimum absolute atomic E-state index is 0.232. The highest BCUT2D eigenvalue weighted by atomic mass is 35.5. The molecule has 0 amide bonds. The maximum Gasteiger partial charge on any atom is 0.144 e. The lowest BCUT2D eigenvalue weighted by Gasteiger charge is -2.20. The van der Waals surface area contributed by atoms with Gasteiger partial charge in [-0.2, -0.15) is 0 Å². The Labute approximate surface area is 120 Å². The van der Waals surface area contributed by atoms with E-state index in [-0.39, 0.29) is 10.8 Å². The van der Waals surface area contributed by atoms with E-state index in [0.717, 1.165) is 24.9 Å². The molecule has 1 fully saturated rings. The molecule has 0 saturated heterocycles. The number of halogens is 2. The van der Waals surface area contributed by atoms with Crippen LogP contribution in [-0.2, 0) is 6.42 Å². The van der Waals surface area contributed by atoms with Crippen LogP contribution in [-0.4, -0.2) is 12.6 Å². The van der Waals surface area contributed by atoms with Gasteiger partial charge in [-0.25, -0.2) is 4.39 Å². The summed E-state index contributed by atoms with van der Waals surface area (Å²) in [5.41, 5.74) is 0.746. The highest BCUT2D eigenvalue weighted by Crippen LogP contribution is 2.24. The summed E-state index contributed by atoms with van der Waals surface area (Å²) in [6.07, 6.45) is 4.47. The predicted molar refractivity (Wildman–Crippen MR) is 79.1 cm³/mol. The first-order valence-corrected chi connectivity index (χ1v) is 7.60. The molecule has 3 heteroatoms. The second-order valence-electron chi connectivity index (χ2n) is 6.10. The average molecular weight is 284 g/mol. The Bertz CT molecular complexity index is 415. The van der Waals surface area contributed by atoms with E-state index >= 15 is 0 Å². The Balaban J connectivity index is 1.98. The van der Waals surface area contributed by atoms with Gasteiger partial charge in [0.15, 0.2) is 0 Å². The van der Waals surface area contributed by atoms with Crippen LogP contribution in [0.25, 0.3) is 0 Å². The van der Waals surface area contributed by atoms with E-state index in [1.807, 2.05) is 12.1 Å². The summed E-state index contributed by atoms with van der Waals surface area (Å²) in [4.78, 5) is 0. The summed E-state index contributed by atoms with van der Waals surface area (Å²) in [5, 5.41) is 3.79. The SMILES string of the molecule is CC(C)CC(CNC1CC1)Cc1cccc(Cl)c1F. The number of nitrogens with one attached hydrogen (secondary N) is 1. The number of benzene rings is 1. The van der Waals surface area contributed by atoms with E-state index in [0.29, 0.717) is 17.9 Å². The Hall–Kier alpha value is -0.600. The van der Waals surface area contributed by atoms with Gasteiger partial charge in [0.2, 0.25) is 0 Å². The zero-order chi connectivity index (χ0) is 13.8. The number of hydrogen-bond donors (Lipinski definition) is 1. The maximum atomic E-state index is 14.0. The second-order valence-corrected chi connectivity index (χ2v) is 6.50. The van der Waals surface area contributed by atoms with Gasteiger partial charge in [0.1, 0.15) is 5.82 Å². The van der Waals surface area contributed by atoms with Gasteiger partial charge in [0.05, 0.1) is 5.02 Å². The third-order valence-electron chi connectivity index (χ3n) is 3.62. The number of hydrogen-bond acceptors (Lipinski definition) is 1. The predicted octanol–water partition coefficient (Wildman–Crippen LogP) is 4.44. The highest BCUT2D eigenvalue weighted by Gasteiger charge is 2.23. The van der Waals surface area contributed by atoms with Crippen LogP contribution in [0.3, 0.4) is 0 Å². The fourth-order valence-electron chi connectivity index (χ4n) is 2.54. The van der Waals surface area contributed by atoms with Crippen molar-refractivity contribution in [3.05, 3.63) is 34.6 Å². The van der Waals surface area contributed by atoms with Gasteiger partial charge in [-0.05, 0) is 55.7 Å². The van der Waals surface area contributed by atoms with Crippen molar-refractivity contribution in [3.8, 4) is 0 Å². The van der Waals surface area contributed by atoms with E-state index in [1.54, 1.807) is 6.07 Å². The monoisotopic (exact) mass is 283 g/mol. The van der Waals surface area contributed by atoms with Crippen molar-refractivity contribution in [2.24, 2.45) is 11.8 Å². The van der Waals surface area contributed by atoms with Crippen molar-refractivity contribution in [1.29, 1.82) is 0 Å². The Morgan fingerprint density at radius 1 is 1.37 bits per heavy atom. The molecule has 1 aliphatic carbocycles. The summed E-state index contributed by atoms with van der Waals surface area (Å²) in [5.74, 6) is 0.867. The van der Waals surface area contributed by atoms with Crippen LogP contribution in [0.2, 0.25) is 5.02 Å². The molecule has 0 aromatic heterocycles. The third kappa shape index (κ3) is 4.77. The summed E-state index contributed by atoms with van der Waals surface area (Å²) < 4.78 is 14.0. The smallest absolute Gasteiger partial charge is 0.144 e. The molecule has 106 valence electrons. The van der Waals surface area contributed by atoms with Gasteiger partial charge < -0.3 is 5.32 Å². The van der Waals surface area contributed by atoms with Gasteiger partial charge in [0, 0.05) is 6.04 Å². The van der Waals surface area contributed by atoms with E-state index in [1.165, 1.54) is 12.8 Å². The Morgan fingerprint density at radius 3 is 2.74 bits per heavy atom. The van der Waals surface area contributed by atoms with Crippen LogP contribution in [0, 0.1) is 17.7 Å². The van der Waals surface area contributed by atoms with Crippen molar-refractivity contribution >= 4 is 11.6 Å². The lowest BCUT2D eigenvalue weighted by atomic mass is 9.90. The Kier molecular flexibility index (Phi) is 5.23. The van der Waals surface area contributed by atoms with Crippen LogP contribution < -0.4 is 5.32 Å². The molecule has 2 rings (SSSR count). The summed E-state index contributed by atoms with van der Waals surface area (Å²) >= 11 is 5.85. The van der Waals surface area contributed by atoms with Crippen LogP contribution in [0.15, 0.2) is 18.2 Å². The lowest BCUT2D eigenvalue weighted by Crippen LogP contribution is -2.27. The molecule has 1 aliphatic rings. The molecular formula is C16H23ClFN. The molecule has 0 aliphatic heterocycles. The van der Waals surface area contributed by atoms with E-state index < -0.39 is 0 Å². The van der Waals surface area contributed by atoms with Gasteiger partial charge in [-0.1, -0.05) is 37.6 Å². The minimum atomic E-state index is -0.246. The molecule has 1 N–H and O–H groups in total. The van der Waals surface area contributed by atoms with Gasteiger partial charge >= 0.3 is 0 Å². The zero-order valence-corrected chi connectivity index (χ0v) is 12.5. The van der Waals surface area contributed by atoms with Crippen LogP contribution in [0.4, 0.5) is 4.39 Å². The molecule has 1 atom stereocenters. The third-order valence-corrected chi connectivity index (χ3v) is 3.91. The summed E-state index contributed by atoms with van der Waals surface area (Å²) in [6.45, 7) is 5.42. The fraction of sp³-hybridized carbons (Fsp3) is 0.625. The van der Waals surface area contributed by atoms with Crippen LogP contribution in [0.5, 0.6) is 0 Å². The van der Waals surface area contributed by atoms with Crippen LogP contribution in [0.1, 0.15) is 38.7 Å². The van der Waals surface area contributed by atoms with Gasteiger partial charge in [-0.15, -0.1) is 0 Å². The van der Waals surface area contributed by atoms with Gasteiger partial charge in [-0.3, -0.25) is 0 Å². The van der Waals surface area contributed by atoms with Gasteiger partial charge in [0.25, 0.3) is 0 Å². The number of rotatable bonds is 7. The van der Waals surface area contributed by atoms with E-state index in [4.69, 9.17) is 11.6 Å². The molecule has 0 spiro atoms. The van der Waals surface area contributed by atoms with Crippen molar-refractivity contribution in [1.82, 2.24) is 5.32 Å². The first-order valence-electron chi connectivity index (χ1n) is 7.22. The van der Waals surface area contributed by atoms with E-state index in [9.17, 15) is 4.39 Å².